The Balaban J connectivity index is 1.68. The van der Waals surface area contributed by atoms with E-state index < -0.39 is 12.0 Å². The number of carbonyl (C=O) groups excluding carboxylic acids is 1. The van der Waals surface area contributed by atoms with E-state index in [4.69, 9.17) is 4.74 Å². The zero-order valence-corrected chi connectivity index (χ0v) is 11.8. The summed E-state index contributed by atoms with van der Waals surface area (Å²) in [6, 6.07) is 6.88. The zero-order valence-electron chi connectivity index (χ0n) is 11.8. The molecule has 5 nitrogen and oxygen atoms in total. The fourth-order valence-electron chi connectivity index (χ4n) is 2.69. The second-order valence-electron chi connectivity index (χ2n) is 5.81. The van der Waals surface area contributed by atoms with E-state index in [0.29, 0.717) is 25.5 Å². The molecule has 0 radical (unpaired) electrons. The largest absolute Gasteiger partial charge is 0.480 e. The van der Waals surface area contributed by atoms with Crippen molar-refractivity contribution in [3.05, 3.63) is 35.4 Å². The van der Waals surface area contributed by atoms with Crippen LogP contribution < -0.4 is 0 Å². The molecule has 21 heavy (non-hydrogen) atoms. The van der Waals surface area contributed by atoms with E-state index in [9.17, 15) is 14.7 Å². The lowest BCUT2D eigenvalue weighted by Gasteiger charge is -2.34. The highest BCUT2D eigenvalue weighted by Gasteiger charge is 2.34. The molecule has 1 atom stereocenters. The van der Waals surface area contributed by atoms with Crippen LogP contribution >= 0.6 is 0 Å². The minimum Gasteiger partial charge on any atom is -0.480 e. The second-order valence-corrected chi connectivity index (χ2v) is 5.81. The number of benzene rings is 1. The molecular formula is C16H19NO4. The van der Waals surface area contributed by atoms with Crippen LogP contribution in [0.2, 0.25) is 0 Å². The van der Waals surface area contributed by atoms with Gasteiger partial charge in [-0.2, -0.15) is 0 Å². The topological polar surface area (TPSA) is 66.8 Å². The minimum absolute atomic E-state index is 0.0254. The zero-order chi connectivity index (χ0) is 14.8. The molecule has 1 N–H and O–H groups in total. The van der Waals surface area contributed by atoms with Crippen molar-refractivity contribution < 1.29 is 19.4 Å². The van der Waals surface area contributed by atoms with Gasteiger partial charge in [-0.15, -0.1) is 0 Å². The molecule has 0 saturated heterocycles. The normalized spacial score (nSPS) is 21.0. The monoisotopic (exact) mass is 289 g/mol. The van der Waals surface area contributed by atoms with Crippen LogP contribution in [0.15, 0.2) is 24.3 Å². The molecule has 1 saturated carbocycles. The lowest BCUT2D eigenvalue weighted by Crippen LogP contribution is -2.49. The number of amides is 1. The summed E-state index contributed by atoms with van der Waals surface area (Å²) >= 11 is 0. The Hall–Kier alpha value is -1.88. The molecule has 5 heteroatoms. The first-order chi connectivity index (χ1) is 10.1. The molecule has 2 aliphatic rings. The van der Waals surface area contributed by atoms with Gasteiger partial charge in [0.05, 0.1) is 6.61 Å². The molecule has 1 fully saturated rings. The van der Waals surface area contributed by atoms with Gasteiger partial charge in [-0.05, 0) is 29.9 Å². The van der Waals surface area contributed by atoms with Gasteiger partial charge in [0, 0.05) is 13.0 Å². The van der Waals surface area contributed by atoms with Crippen LogP contribution in [0.3, 0.4) is 0 Å². The van der Waals surface area contributed by atoms with Gasteiger partial charge in [-0.3, -0.25) is 4.79 Å². The van der Waals surface area contributed by atoms with Crippen LogP contribution in [0.5, 0.6) is 0 Å². The molecule has 112 valence electrons. The summed E-state index contributed by atoms with van der Waals surface area (Å²) in [5.74, 6) is -0.604. The fourth-order valence-corrected chi connectivity index (χ4v) is 2.69. The molecule has 1 heterocycles. The number of nitrogens with zero attached hydrogens (tertiary/aromatic N) is 1. The molecule has 1 aromatic rings. The van der Waals surface area contributed by atoms with E-state index in [2.05, 4.69) is 0 Å². The van der Waals surface area contributed by atoms with Crippen molar-refractivity contribution >= 4 is 11.9 Å². The van der Waals surface area contributed by atoms with Crippen LogP contribution in [0.4, 0.5) is 0 Å². The van der Waals surface area contributed by atoms with Crippen molar-refractivity contribution in [3.8, 4) is 0 Å². The number of hydrogen-bond donors (Lipinski definition) is 1. The van der Waals surface area contributed by atoms with Crippen LogP contribution in [0.1, 0.15) is 24.0 Å². The molecule has 0 spiro atoms. The number of carboxylic acids is 1. The lowest BCUT2D eigenvalue weighted by molar-refractivity contribution is -0.153. The first-order valence-corrected chi connectivity index (χ1v) is 7.32. The summed E-state index contributed by atoms with van der Waals surface area (Å²) in [6.45, 7) is 0.926. The molecule has 1 amide bonds. The smallest absolute Gasteiger partial charge is 0.326 e. The molecule has 0 aromatic heterocycles. The number of carbonyl (C=O) groups is 2. The van der Waals surface area contributed by atoms with E-state index >= 15 is 0 Å². The van der Waals surface area contributed by atoms with Crippen molar-refractivity contribution in [2.75, 3.05) is 13.2 Å². The predicted molar refractivity (Wildman–Crippen MR) is 75.7 cm³/mol. The van der Waals surface area contributed by atoms with Gasteiger partial charge in [0.15, 0.2) is 0 Å². The van der Waals surface area contributed by atoms with Crippen molar-refractivity contribution in [3.63, 3.8) is 0 Å². The van der Waals surface area contributed by atoms with Gasteiger partial charge < -0.3 is 14.7 Å². The summed E-state index contributed by atoms with van der Waals surface area (Å²) in [7, 11) is 0. The molecular weight excluding hydrogens is 270 g/mol. The van der Waals surface area contributed by atoms with Crippen LogP contribution in [0.25, 0.3) is 0 Å². The van der Waals surface area contributed by atoms with Crippen LogP contribution in [0, 0.1) is 5.92 Å². The number of ether oxygens (including phenoxy) is 1. The standard InChI is InChI=1S/C16H19NO4/c18-15(10-21-9-11-5-6-11)17-8-13-4-2-1-3-12(13)7-14(17)16(19)20/h1-4,11,14H,5-10H2,(H,19,20)/t14-/m1/s1. The third kappa shape index (κ3) is 3.24. The first kappa shape index (κ1) is 14.1. The van der Waals surface area contributed by atoms with E-state index in [-0.39, 0.29) is 12.5 Å². The summed E-state index contributed by atoms with van der Waals surface area (Å²) in [6.07, 6.45) is 2.70. The van der Waals surface area contributed by atoms with Crippen molar-refractivity contribution in [2.24, 2.45) is 5.92 Å². The van der Waals surface area contributed by atoms with Gasteiger partial charge in [0.1, 0.15) is 12.6 Å². The lowest BCUT2D eigenvalue weighted by atomic mass is 9.94. The Labute approximate surface area is 123 Å². The third-order valence-electron chi connectivity index (χ3n) is 4.13. The highest BCUT2D eigenvalue weighted by Crippen LogP contribution is 2.29. The third-order valence-corrected chi connectivity index (χ3v) is 4.13. The van der Waals surface area contributed by atoms with Crippen molar-refractivity contribution in [1.82, 2.24) is 4.90 Å². The average molecular weight is 289 g/mol. The van der Waals surface area contributed by atoms with Crippen LogP contribution in [-0.2, 0) is 27.3 Å². The maximum Gasteiger partial charge on any atom is 0.326 e. The quantitative estimate of drug-likeness (QED) is 0.891. The minimum atomic E-state index is -0.958. The number of rotatable bonds is 5. The van der Waals surface area contributed by atoms with E-state index in [0.717, 1.165) is 11.1 Å². The highest BCUT2D eigenvalue weighted by molar-refractivity contribution is 5.85. The predicted octanol–water partition coefficient (Wildman–Crippen LogP) is 1.45. The summed E-state index contributed by atoms with van der Waals surface area (Å²) < 4.78 is 5.40. The fraction of sp³-hybridized carbons (Fsp3) is 0.500. The van der Waals surface area contributed by atoms with E-state index in [1.807, 2.05) is 24.3 Å². The van der Waals surface area contributed by atoms with Gasteiger partial charge in [0.2, 0.25) is 5.91 Å². The SMILES string of the molecule is O=C(O)[C@H]1Cc2ccccc2CN1C(=O)COCC1CC1. The molecule has 0 unspecified atom stereocenters. The van der Waals surface area contributed by atoms with E-state index in [1.54, 1.807) is 0 Å². The maximum absolute atomic E-state index is 12.3. The first-order valence-electron chi connectivity index (χ1n) is 7.32. The molecule has 3 rings (SSSR count). The second kappa shape index (κ2) is 5.85. The summed E-state index contributed by atoms with van der Waals surface area (Å²) in [5, 5.41) is 9.37. The Kier molecular flexibility index (Phi) is 3.92. The summed E-state index contributed by atoms with van der Waals surface area (Å²) in [5.41, 5.74) is 2.03. The number of hydrogen-bond acceptors (Lipinski definition) is 3. The number of aliphatic carboxylic acids is 1. The molecule has 1 aromatic carbocycles. The number of carboxylic acid groups (broad SMARTS) is 1. The number of fused-ring (bicyclic) bond motifs is 1. The Bertz CT molecular complexity index is 553. The maximum atomic E-state index is 12.3. The summed E-state index contributed by atoms with van der Waals surface area (Å²) in [4.78, 5) is 25.1. The average Bonchev–Trinajstić information content (AvgIpc) is 3.30. The Morgan fingerprint density at radius 3 is 2.62 bits per heavy atom. The van der Waals surface area contributed by atoms with Gasteiger partial charge in [-0.25, -0.2) is 4.79 Å². The van der Waals surface area contributed by atoms with Gasteiger partial charge in [0.25, 0.3) is 0 Å². The Morgan fingerprint density at radius 2 is 1.95 bits per heavy atom. The molecule has 1 aliphatic carbocycles. The Morgan fingerprint density at radius 1 is 1.24 bits per heavy atom. The highest BCUT2D eigenvalue weighted by atomic mass is 16.5. The van der Waals surface area contributed by atoms with Crippen molar-refractivity contribution in [2.45, 2.75) is 31.8 Å². The molecule has 0 bridgehead atoms. The van der Waals surface area contributed by atoms with Crippen LogP contribution in [-0.4, -0.2) is 41.1 Å². The molecule has 1 aliphatic heterocycles. The van der Waals surface area contributed by atoms with Gasteiger partial charge >= 0.3 is 5.97 Å². The van der Waals surface area contributed by atoms with Gasteiger partial charge in [-0.1, -0.05) is 24.3 Å². The van der Waals surface area contributed by atoms with Crippen molar-refractivity contribution in [1.29, 1.82) is 0 Å². The van der Waals surface area contributed by atoms with E-state index in [1.165, 1.54) is 17.7 Å².